The number of hydrogen-bond acceptors (Lipinski definition) is 2. The van der Waals surface area contributed by atoms with Crippen LogP contribution in [0, 0.1) is 5.82 Å². The Labute approximate surface area is 154 Å². The maximum absolute atomic E-state index is 13.9. The van der Waals surface area contributed by atoms with Gasteiger partial charge in [-0.2, -0.15) is 0 Å². The molecule has 2 heterocycles. The monoisotopic (exact) mass is 380 g/mol. The molecule has 27 heavy (non-hydrogen) atoms. The lowest BCUT2D eigenvalue weighted by molar-refractivity contribution is -0.113. The molecule has 3 nitrogen and oxygen atoms in total. The van der Waals surface area contributed by atoms with Crippen molar-refractivity contribution in [3.05, 3.63) is 65.9 Å². The number of halogens is 4. The number of rotatable bonds is 7. The Balaban J connectivity index is 1.91. The summed E-state index contributed by atoms with van der Waals surface area (Å²) in [6.07, 6.45) is -0.838. The van der Waals surface area contributed by atoms with Crippen LogP contribution < -0.4 is 0 Å². The van der Waals surface area contributed by atoms with Gasteiger partial charge < -0.3 is 10.1 Å². The largest absolute Gasteiger partial charge is 0.383 e. The van der Waals surface area contributed by atoms with Gasteiger partial charge in [0.15, 0.2) is 0 Å². The van der Waals surface area contributed by atoms with E-state index in [4.69, 9.17) is 0 Å². The molecule has 1 aromatic carbocycles. The second-order valence-corrected chi connectivity index (χ2v) is 7.22. The van der Waals surface area contributed by atoms with Gasteiger partial charge in [0, 0.05) is 40.8 Å². The topological polar surface area (TPSA) is 48.9 Å². The number of hydrogen-bond donors (Lipinski definition) is 2. The van der Waals surface area contributed by atoms with Gasteiger partial charge in [-0.1, -0.05) is 19.1 Å². The molecular formula is C20H20F4N2O. The van der Waals surface area contributed by atoms with E-state index in [2.05, 4.69) is 9.97 Å². The summed E-state index contributed by atoms with van der Waals surface area (Å²) >= 11 is 0. The summed E-state index contributed by atoms with van der Waals surface area (Å²) < 4.78 is 54.6. The molecule has 0 aliphatic heterocycles. The molecule has 2 N–H and O–H groups in total. The molecule has 2 unspecified atom stereocenters. The van der Waals surface area contributed by atoms with E-state index in [1.54, 1.807) is 24.5 Å². The minimum atomic E-state index is -3.09. The van der Waals surface area contributed by atoms with E-state index in [-0.39, 0.29) is 6.42 Å². The Hall–Kier alpha value is -2.41. The molecule has 144 valence electrons. The molecule has 0 saturated heterocycles. The van der Waals surface area contributed by atoms with Crippen LogP contribution in [0.3, 0.4) is 0 Å². The molecule has 0 spiro atoms. The quantitative estimate of drug-likeness (QED) is 0.591. The molecule has 0 radical (unpaired) electrons. The number of H-pyrrole nitrogens is 1. The van der Waals surface area contributed by atoms with Crippen LogP contribution >= 0.6 is 0 Å². The van der Waals surface area contributed by atoms with Gasteiger partial charge in [-0.05, 0) is 36.2 Å². The predicted octanol–water partition coefficient (Wildman–Crippen LogP) is 4.56. The summed E-state index contributed by atoms with van der Waals surface area (Å²) in [7, 11) is 0. The summed E-state index contributed by atoms with van der Waals surface area (Å²) in [4.78, 5) is 6.95. The molecule has 0 amide bonds. The van der Waals surface area contributed by atoms with E-state index in [1.807, 2.05) is 0 Å². The second kappa shape index (κ2) is 7.31. The number of alkyl halides is 3. The lowest BCUT2D eigenvalue weighted by Gasteiger charge is -2.36. The highest BCUT2D eigenvalue weighted by Gasteiger charge is 2.45. The second-order valence-electron chi connectivity index (χ2n) is 7.22. The van der Waals surface area contributed by atoms with Crippen LogP contribution in [0.2, 0.25) is 0 Å². The van der Waals surface area contributed by atoms with Gasteiger partial charge in [-0.3, -0.25) is 9.37 Å². The first-order chi connectivity index (χ1) is 12.8. The molecule has 0 bridgehead atoms. The van der Waals surface area contributed by atoms with Crippen molar-refractivity contribution in [1.82, 2.24) is 9.97 Å². The fourth-order valence-corrected chi connectivity index (χ4v) is 3.43. The normalized spacial score (nSPS) is 16.4. The van der Waals surface area contributed by atoms with Crippen LogP contribution in [0.4, 0.5) is 17.6 Å². The highest BCUT2D eigenvalue weighted by atomic mass is 19.3. The summed E-state index contributed by atoms with van der Waals surface area (Å²) in [6.45, 7) is 0.479. The van der Waals surface area contributed by atoms with E-state index in [0.717, 1.165) is 17.5 Å². The molecule has 2 atom stereocenters. The Kier molecular flexibility index (Phi) is 5.24. The van der Waals surface area contributed by atoms with Crippen molar-refractivity contribution in [2.45, 2.75) is 37.2 Å². The SMILES string of the molecule is CC(CF)(CC(O)(Cc1cc2cnccc2[nH]1)C(F)F)c1ccc(F)cc1. The molecule has 0 fully saturated rings. The van der Waals surface area contributed by atoms with E-state index >= 15 is 0 Å². The van der Waals surface area contributed by atoms with Gasteiger partial charge in [0.1, 0.15) is 11.4 Å². The van der Waals surface area contributed by atoms with Crippen LogP contribution in [0.25, 0.3) is 10.9 Å². The summed E-state index contributed by atoms with van der Waals surface area (Å²) in [6, 6.07) is 8.35. The predicted molar refractivity (Wildman–Crippen MR) is 95.1 cm³/mol. The van der Waals surface area contributed by atoms with Gasteiger partial charge in [-0.15, -0.1) is 0 Å². The van der Waals surface area contributed by atoms with Gasteiger partial charge in [0.05, 0.1) is 6.67 Å². The van der Waals surface area contributed by atoms with Crippen LogP contribution in [0.1, 0.15) is 24.6 Å². The fraction of sp³-hybridized carbons (Fsp3) is 0.350. The number of aliphatic hydroxyl groups is 1. The average Bonchev–Trinajstić information content (AvgIpc) is 3.03. The van der Waals surface area contributed by atoms with E-state index in [0.29, 0.717) is 16.8 Å². The van der Waals surface area contributed by atoms with Crippen LogP contribution in [0.15, 0.2) is 48.8 Å². The Morgan fingerprint density at radius 1 is 1.19 bits per heavy atom. The number of nitrogens with zero attached hydrogens (tertiary/aromatic N) is 1. The molecule has 7 heteroatoms. The van der Waals surface area contributed by atoms with Crippen LogP contribution in [0.5, 0.6) is 0 Å². The molecule has 3 rings (SSSR count). The van der Waals surface area contributed by atoms with Crippen LogP contribution in [-0.2, 0) is 11.8 Å². The van der Waals surface area contributed by atoms with Gasteiger partial charge in [0.25, 0.3) is 6.43 Å². The minimum Gasteiger partial charge on any atom is -0.383 e. The van der Waals surface area contributed by atoms with E-state index < -0.39 is 36.4 Å². The van der Waals surface area contributed by atoms with Crippen molar-refractivity contribution in [3.63, 3.8) is 0 Å². The van der Waals surface area contributed by atoms with Gasteiger partial charge in [0.2, 0.25) is 0 Å². The van der Waals surface area contributed by atoms with Crippen molar-refractivity contribution in [1.29, 1.82) is 0 Å². The minimum absolute atomic E-state index is 0.353. The van der Waals surface area contributed by atoms with Crippen LogP contribution in [-0.4, -0.2) is 33.8 Å². The van der Waals surface area contributed by atoms with Crippen molar-refractivity contribution in [2.75, 3.05) is 6.67 Å². The highest BCUT2D eigenvalue weighted by molar-refractivity contribution is 5.79. The lowest BCUT2D eigenvalue weighted by atomic mass is 9.73. The maximum atomic E-state index is 13.9. The number of aromatic nitrogens is 2. The standard InChI is InChI=1S/C20H20F4N2O/c1-19(12-21,14-2-4-15(22)5-3-14)11-20(27,18(23)24)9-16-8-13-10-25-7-6-17(13)26-16/h2-8,10,18,26-27H,9,11-12H2,1H3. The Morgan fingerprint density at radius 3 is 2.48 bits per heavy atom. The number of pyridine rings is 1. The first kappa shape index (κ1) is 19.4. The molecule has 2 aromatic heterocycles. The average molecular weight is 380 g/mol. The number of aromatic amines is 1. The lowest BCUT2D eigenvalue weighted by Crippen LogP contribution is -2.46. The highest BCUT2D eigenvalue weighted by Crippen LogP contribution is 2.38. The molecule has 0 saturated carbocycles. The van der Waals surface area contributed by atoms with E-state index in [9.17, 15) is 22.7 Å². The first-order valence-corrected chi connectivity index (χ1v) is 8.50. The fourth-order valence-electron chi connectivity index (χ4n) is 3.43. The molecular weight excluding hydrogens is 360 g/mol. The number of fused-ring (bicyclic) bond motifs is 1. The van der Waals surface area contributed by atoms with Crippen molar-refractivity contribution >= 4 is 10.9 Å². The summed E-state index contributed by atoms with van der Waals surface area (Å²) in [5.74, 6) is -0.504. The van der Waals surface area contributed by atoms with Crippen molar-refractivity contribution in [2.24, 2.45) is 0 Å². The summed E-state index contributed by atoms with van der Waals surface area (Å²) in [5, 5.41) is 11.5. The third-order valence-electron chi connectivity index (χ3n) is 4.91. The van der Waals surface area contributed by atoms with Crippen molar-refractivity contribution in [3.8, 4) is 0 Å². The first-order valence-electron chi connectivity index (χ1n) is 8.50. The Morgan fingerprint density at radius 2 is 1.89 bits per heavy atom. The zero-order valence-electron chi connectivity index (χ0n) is 14.7. The smallest absolute Gasteiger partial charge is 0.267 e. The number of benzene rings is 1. The third kappa shape index (κ3) is 3.98. The summed E-state index contributed by atoms with van der Waals surface area (Å²) in [5.41, 5.74) is -2.37. The van der Waals surface area contributed by atoms with Gasteiger partial charge >= 0.3 is 0 Å². The molecule has 0 aliphatic carbocycles. The zero-order valence-corrected chi connectivity index (χ0v) is 14.7. The molecule has 0 aliphatic rings. The third-order valence-corrected chi connectivity index (χ3v) is 4.91. The Bertz CT molecular complexity index is 879. The molecule has 3 aromatic rings. The van der Waals surface area contributed by atoms with Crippen molar-refractivity contribution < 1.29 is 22.7 Å². The zero-order chi connectivity index (χ0) is 19.7. The van der Waals surface area contributed by atoms with Gasteiger partial charge in [-0.25, -0.2) is 13.2 Å². The maximum Gasteiger partial charge on any atom is 0.267 e. The van der Waals surface area contributed by atoms with E-state index in [1.165, 1.54) is 19.1 Å². The number of nitrogens with one attached hydrogen (secondary N) is 1.